The van der Waals surface area contributed by atoms with Crippen LogP contribution in [0.15, 0.2) is 18.2 Å². The molecule has 1 heterocycles. The first-order chi connectivity index (χ1) is 9.52. The van der Waals surface area contributed by atoms with Crippen molar-refractivity contribution in [3.63, 3.8) is 0 Å². The smallest absolute Gasteiger partial charge is 0.162 e. The molecule has 0 saturated heterocycles. The van der Waals surface area contributed by atoms with Gasteiger partial charge >= 0.3 is 0 Å². The Morgan fingerprint density at radius 3 is 2.55 bits per heavy atom. The topological polar surface area (TPSA) is 37.8 Å². The Labute approximate surface area is 125 Å². The van der Waals surface area contributed by atoms with E-state index < -0.39 is 0 Å². The Kier molecular flexibility index (Phi) is 4.61. The highest BCUT2D eigenvalue weighted by atomic mass is 35.5. The van der Waals surface area contributed by atoms with E-state index in [0.717, 1.165) is 52.0 Å². The van der Waals surface area contributed by atoms with Crippen molar-refractivity contribution >= 4 is 17.4 Å². The molecule has 0 amide bonds. The lowest BCUT2D eigenvalue weighted by Crippen LogP contribution is -2.07. The van der Waals surface area contributed by atoms with E-state index in [9.17, 15) is 0 Å². The molecule has 0 aliphatic rings. The summed E-state index contributed by atoms with van der Waals surface area (Å²) in [4.78, 5) is 9.27. The van der Waals surface area contributed by atoms with Crippen LogP contribution in [0, 0.1) is 20.8 Å². The Hall–Kier alpha value is -1.61. The SMILES string of the molecule is CCCNc1nc(-c2ccc(Cl)cc2C)nc(C)c1C. The van der Waals surface area contributed by atoms with Crippen molar-refractivity contribution in [2.24, 2.45) is 0 Å². The number of hydrogen-bond acceptors (Lipinski definition) is 3. The van der Waals surface area contributed by atoms with Gasteiger partial charge in [-0.15, -0.1) is 0 Å². The van der Waals surface area contributed by atoms with E-state index in [2.05, 4.69) is 22.2 Å². The predicted octanol–water partition coefficient (Wildman–Crippen LogP) is 4.54. The Bertz CT molecular complexity index is 623. The van der Waals surface area contributed by atoms with Crippen molar-refractivity contribution in [3.8, 4) is 11.4 Å². The van der Waals surface area contributed by atoms with Crippen LogP contribution in [0.3, 0.4) is 0 Å². The Morgan fingerprint density at radius 1 is 1.15 bits per heavy atom. The predicted molar refractivity (Wildman–Crippen MR) is 85.5 cm³/mol. The summed E-state index contributed by atoms with van der Waals surface area (Å²) in [5, 5.41) is 4.10. The third kappa shape index (κ3) is 3.10. The van der Waals surface area contributed by atoms with Crippen molar-refractivity contribution in [2.75, 3.05) is 11.9 Å². The number of aryl methyl sites for hydroxylation is 2. The second-order valence-electron chi connectivity index (χ2n) is 4.99. The van der Waals surface area contributed by atoms with E-state index in [4.69, 9.17) is 11.6 Å². The van der Waals surface area contributed by atoms with E-state index in [1.165, 1.54) is 0 Å². The maximum atomic E-state index is 6.01. The number of rotatable bonds is 4. The van der Waals surface area contributed by atoms with Gasteiger partial charge in [-0.3, -0.25) is 0 Å². The summed E-state index contributed by atoms with van der Waals surface area (Å²) in [5.41, 5.74) is 4.22. The number of hydrogen-bond donors (Lipinski definition) is 1. The highest BCUT2D eigenvalue weighted by Crippen LogP contribution is 2.26. The molecule has 0 unspecified atom stereocenters. The normalized spacial score (nSPS) is 10.7. The van der Waals surface area contributed by atoms with Gasteiger partial charge < -0.3 is 5.32 Å². The molecule has 106 valence electrons. The van der Waals surface area contributed by atoms with Crippen LogP contribution in [0.25, 0.3) is 11.4 Å². The second kappa shape index (κ2) is 6.23. The first-order valence-corrected chi connectivity index (χ1v) is 7.26. The zero-order valence-electron chi connectivity index (χ0n) is 12.4. The van der Waals surface area contributed by atoms with Gasteiger partial charge in [0.15, 0.2) is 5.82 Å². The maximum Gasteiger partial charge on any atom is 0.162 e. The van der Waals surface area contributed by atoms with Gasteiger partial charge in [0.25, 0.3) is 0 Å². The number of anilines is 1. The molecule has 0 spiro atoms. The minimum atomic E-state index is 0.736. The largest absolute Gasteiger partial charge is 0.370 e. The van der Waals surface area contributed by atoms with Gasteiger partial charge in [-0.1, -0.05) is 18.5 Å². The molecule has 4 heteroatoms. The maximum absolute atomic E-state index is 6.01. The third-order valence-electron chi connectivity index (χ3n) is 3.36. The number of nitrogens with zero attached hydrogens (tertiary/aromatic N) is 2. The van der Waals surface area contributed by atoms with Crippen molar-refractivity contribution in [1.29, 1.82) is 0 Å². The summed E-state index contributed by atoms with van der Waals surface area (Å²) >= 11 is 6.01. The number of aromatic nitrogens is 2. The summed E-state index contributed by atoms with van der Waals surface area (Å²) < 4.78 is 0. The van der Waals surface area contributed by atoms with Gasteiger partial charge in [0.2, 0.25) is 0 Å². The van der Waals surface area contributed by atoms with Gasteiger partial charge in [-0.2, -0.15) is 0 Å². The average Bonchev–Trinajstić information content (AvgIpc) is 2.40. The molecule has 0 aliphatic heterocycles. The standard InChI is InChI=1S/C16H20ClN3/c1-5-8-18-15-11(3)12(4)19-16(20-15)14-7-6-13(17)9-10(14)2/h6-7,9H,5,8H2,1-4H3,(H,18,19,20). The highest BCUT2D eigenvalue weighted by Gasteiger charge is 2.11. The van der Waals surface area contributed by atoms with Crippen LogP contribution in [0.2, 0.25) is 5.02 Å². The fourth-order valence-electron chi connectivity index (χ4n) is 2.04. The third-order valence-corrected chi connectivity index (χ3v) is 3.60. The lowest BCUT2D eigenvalue weighted by molar-refractivity contribution is 0.954. The molecule has 0 bridgehead atoms. The summed E-state index contributed by atoms with van der Waals surface area (Å²) in [7, 11) is 0. The number of benzene rings is 1. The Morgan fingerprint density at radius 2 is 1.90 bits per heavy atom. The van der Waals surface area contributed by atoms with E-state index in [0.29, 0.717) is 0 Å². The van der Waals surface area contributed by atoms with Crippen molar-refractivity contribution in [2.45, 2.75) is 34.1 Å². The molecule has 0 aliphatic carbocycles. The van der Waals surface area contributed by atoms with Crippen LogP contribution in [0.4, 0.5) is 5.82 Å². The lowest BCUT2D eigenvalue weighted by atomic mass is 10.1. The van der Waals surface area contributed by atoms with Crippen LogP contribution < -0.4 is 5.32 Å². The zero-order chi connectivity index (χ0) is 14.7. The summed E-state index contributed by atoms with van der Waals surface area (Å²) in [6, 6.07) is 5.79. The van der Waals surface area contributed by atoms with Gasteiger partial charge in [0, 0.05) is 28.4 Å². The first-order valence-electron chi connectivity index (χ1n) is 6.88. The van der Waals surface area contributed by atoms with E-state index >= 15 is 0 Å². The Balaban J connectivity index is 2.48. The summed E-state index contributed by atoms with van der Waals surface area (Å²) in [6.07, 6.45) is 1.07. The van der Waals surface area contributed by atoms with Crippen LogP contribution in [-0.4, -0.2) is 16.5 Å². The van der Waals surface area contributed by atoms with Gasteiger partial charge in [-0.05, 0) is 51.0 Å². The number of nitrogens with one attached hydrogen (secondary N) is 1. The fourth-order valence-corrected chi connectivity index (χ4v) is 2.27. The fraction of sp³-hybridized carbons (Fsp3) is 0.375. The van der Waals surface area contributed by atoms with Crippen LogP contribution in [0.5, 0.6) is 0 Å². The number of halogens is 1. The molecule has 0 fully saturated rings. The molecule has 20 heavy (non-hydrogen) atoms. The summed E-state index contributed by atoms with van der Waals surface area (Å²) in [5.74, 6) is 1.67. The van der Waals surface area contributed by atoms with Crippen LogP contribution in [0.1, 0.15) is 30.2 Å². The molecule has 0 radical (unpaired) electrons. The minimum Gasteiger partial charge on any atom is -0.370 e. The van der Waals surface area contributed by atoms with Crippen LogP contribution >= 0.6 is 11.6 Å². The van der Waals surface area contributed by atoms with Crippen molar-refractivity contribution in [1.82, 2.24) is 9.97 Å². The molecule has 2 aromatic rings. The van der Waals surface area contributed by atoms with E-state index in [-0.39, 0.29) is 0 Å². The molecular weight excluding hydrogens is 270 g/mol. The molecule has 1 N–H and O–H groups in total. The van der Waals surface area contributed by atoms with Gasteiger partial charge in [-0.25, -0.2) is 9.97 Å². The van der Waals surface area contributed by atoms with Gasteiger partial charge in [0.05, 0.1) is 0 Å². The van der Waals surface area contributed by atoms with Crippen molar-refractivity contribution < 1.29 is 0 Å². The minimum absolute atomic E-state index is 0.736. The molecule has 1 aromatic heterocycles. The molecule has 2 rings (SSSR count). The lowest BCUT2D eigenvalue weighted by Gasteiger charge is -2.13. The first kappa shape index (κ1) is 14.8. The monoisotopic (exact) mass is 289 g/mol. The van der Waals surface area contributed by atoms with Gasteiger partial charge in [0.1, 0.15) is 5.82 Å². The quantitative estimate of drug-likeness (QED) is 0.897. The summed E-state index contributed by atoms with van der Waals surface area (Å²) in [6.45, 7) is 9.14. The van der Waals surface area contributed by atoms with E-state index in [1.54, 1.807) is 0 Å². The molecule has 3 nitrogen and oxygen atoms in total. The molecule has 0 atom stereocenters. The molecular formula is C16H20ClN3. The highest BCUT2D eigenvalue weighted by molar-refractivity contribution is 6.30. The molecule has 0 saturated carbocycles. The molecule has 1 aromatic carbocycles. The zero-order valence-corrected chi connectivity index (χ0v) is 13.2. The van der Waals surface area contributed by atoms with E-state index in [1.807, 2.05) is 39.0 Å². The van der Waals surface area contributed by atoms with Crippen molar-refractivity contribution in [3.05, 3.63) is 40.0 Å². The second-order valence-corrected chi connectivity index (χ2v) is 5.43. The average molecular weight is 290 g/mol. The van der Waals surface area contributed by atoms with Crippen LogP contribution in [-0.2, 0) is 0 Å².